The zero-order valence-corrected chi connectivity index (χ0v) is 15.1. The van der Waals surface area contributed by atoms with Crippen LogP contribution < -0.4 is 4.74 Å². The topological polar surface area (TPSA) is 56.4 Å². The van der Waals surface area contributed by atoms with E-state index in [-0.39, 0.29) is 27.0 Å². The molecular formula is C16H17N2O2W-. The van der Waals surface area contributed by atoms with Crippen LogP contribution in [0.3, 0.4) is 0 Å². The molecule has 5 heteroatoms. The summed E-state index contributed by atoms with van der Waals surface area (Å²) in [5, 5.41) is 7.14. The van der Waals surface area contributed by atoms with E-state index < -0.39 is 0 Å². The summed E-state index contributed by atoms with van der Waals surface area (Å²) in [4.78, 5) is 4.79. The number of hydrogen-bond donors (Lipinski definition) is 1. The Morgan fingerprint density at radius 1 is 1.05 bits per heavy atom. The molecule has 0 heterocycles. The first-order valence-corrected chi connectivity index (χ1v) is 6.33. The average Bonchev–Trinajstić information content (AvgIpc) is 2.42. The number of nitrogens with one attached hydrogen (secondary N) is 1. The van der Waals surface area contributed by atoms with Gasteiger partial charge >= 0.3 is 0 Å². The van der Waals surface area contributed by atoms with E-state index >= 15 is 0 Å². The van der Waals surface area contributed by atoms with Crippen molar-refractivity contribution in [2.24, 2.45) is 0 Å². The van der Waals surface area contributed by atoms with Gasteiger partial charge in [-0.05, 0) is 43.2 Å². The predicted octanol–water partition coefficient (Wildman–Crippen LogP) is 5.03. The molecule has 110 valence electrons. The third kappa shape index (κ3) is 5.24. The van der Waals surface area contributed by atoms with Gasteiger partial charge in [-0.3, -0.25) is 5.41 Å². The van der Waals surface area contributed by atoms with Gasteiger partial charge in [-0.15, -0.1) is 5.69 Å². The normalized spacial score (nSPS) is 9.48. The van der Waals surface area contributed by atoms with Gasteiger partial charge in [0.2, 0.25) is 0 Å². The fourth-order valence-corrected chi connectivity index (χ4v) is 1.64. The van der Waals surface area contributed by atoms with E-state index in [2.05, 4.69) is 11.5 Å². The zero-order valence-electron chi connectivity index (χ0n) is 12.2. The summed E-state index contributed by atoms with van der Waals surface area (Å²) in [5.41, 5.74) is 6.70. The molecular weight excluding hydrogens is 436 g/mol. The Labute approximate surface area is 139 Å². The number of aryl methyl sites for hydroxylation is 2. The smallest absolute Gasteiger partial charge is 0.166 e. The Morgan fingerprint density at radius 3 is 2.33 bits per heavy atom. The molecule has 0 radical (unpaired) electrons. The molecule has 0 amide bonds. The van der Waals surface area contributed by atoms with Crippen LogP contribution in [0.15, 0.2) is 42.5 Å². The molecule has 0 saturated heterocycles. The fraction of sp³-hybridized carbons (Fsp3) is 0.188. The molecule has 0 atom stereocenters. The minimum absolute atomic E-state index is 0. The standard InChI is InChI=1S/C16H17N2O2.W/c1-11-4-5-12(2)16(10-11)19-15-8-6-14(7-9-15)18-20-13(3)17;/h4-10,17H,1-3H3;/q-1;. The third-order valence-electron chi connectivity index (χ3n) is 2.70. The molecule has 0 aliphatic heterocycles. The minimum atomic E-state index is 0. The summed E-state index contributed by atoms with van der Waals surface area (Å²) in [6, 6.07) is 13.3. The Bertz CT molecular complexity index is 612. The van der Waals surface area contributed by atoms with E-state index in [1.54, 1.807) is 12.1 Å². The van der Waals surface area contributed by atoms with Gasteiger partial charge in [-0.25, -0.2) is 0 Å². The van der Waals surface area contributed by atoms with Gasteiger partial charge in [0, 0.05) is 28.0 Å². The first-order chi connectivity index (χ1) is 9.54. The van der Waals surface area contributed by atoms with Crippen molar-refractivity contribution in [1.82, 2.24) is 0 Å². The van der Waals surface area contributed by atoms with Gasteiger partial charge < -0.3 is 15.1 Å². The van der Waals surface area contributed by atoms with Crippen molar-refractivity contribution in [1.29, 1.82) is 5.41 Å². The van der Waals surface area contributed by atoms with Crippen LogP contribution in [0, 0.1) is 19.3 Å². The largest absolute Gasteiger partial charge is 0.547 e. The van der Waals surface area contributed by atoms with E-state index in [0.717, 1.165) is 22.6 Å². The maximum absolute atomic E-state index is 7.14. The molecule has 0 saturated carbocycles. The van der Waals surface area contributed by atoms with Gasteiger partial charge in [0.05, 0.1) is 0 Å². The van der Waals surface area contributed by atoms with Crippen LogP contribution in [-0.4, -0.2) is 5.90 Å². The van der Waals surface area contributed by atoms with Gasteiger partial charge in [-0.2, -0.15) is 0 Å². The van der Waals surface area contributed by atoms with Crippen LogP contribution in [0.1, 0.15) is 18.1 Å². The van der Waals surface area contributed by atoms with E-state index in [9.17, 15) is 0 Å². The third-order valence-corrected chi connectivity index (χ3v) is 2.70. The van der Waals surface area contributed by atoms with Crippen LogP contribution in [-0.2, 0) is 25.9 Å². The zero-order chi connectivity index (χ0) is 14.5. The molecule has 1 N–H and O–H groups in total. The van der Waals surface area contributed by atoms with E-state index in [4.69, 9.17) is 15.0 Å². The van der Waals surface area contributed by atoms with Crippen molar-refractivity contribution in [3.63, 3.8) is 0 Å². The molecule has 0 spiro atoms. The summed E-state index contributed by atoms with van der Waals surface area (Å²) in [6.07, 6.45) is 0. The molecule has 0 unspecified atom stereocenters. The molecule has 0 aromatic heterocycles. The molecule has 2 aromatic rings. The molecule has 4 nitrogen and oxygen atoms in total. The number of nitrogens with zero attached hydrogens (tertiary/aromatic N) is 1. The molecule has 2 aromatic carbocycles. The van der Waals surface area contributed by atoms with Crippen molar-refractivity contribution in [2.45, 2.75) is 20.8 Å². The molecule has 0 aliphatic carbocycles. The maximum atomic E-state index is 7.14. The molecule has 0 bridgehead atoms. The van der Waals surface area contributed by atoms with Crippen molar-refractivity contribution in [3.8, 4) is 11.5 Å². The number of benzene rings is 2. The van der Waals surface area contributed by atoms with Crippen LogP contribution >= 0.6 is 0 Å². The monoisotopic (exact) mass is 453 g/mol. The minimum Gasteiger partial charge on any atom is -0.547 e. The molecule has 2 rings (SSSR count). The van der Waals surface area contributed by atoms with Gasteiger partial charge in [0.15, 0.2) is 5.90 Å². The Hall–Kier alpha value is -1.80. The first kappa shape index (κ1) is 17.3. The van der Waals surface area contributed by atoms with Gasteiger partial charge in [-0.1, -0.05) is 24.3 Å². The molecule has 21 heavy (non-hydrogen) atoms. The quantitative estimate of drug-likeness (QED) is 0.402. The SMILES string of the molecule is CC(=N)O[N-]c1ccc(Oc2cc(C)ccc2C)cc1.[W]. The Morgan fingerprint density at radius 2 is 1.71 bits per heavy atom. The number of rotatable bonds is 4. The fourth-order valence-electron chi connectivity index (χ4n) is 1.64. The predicted molar refractivity (Wildman–Crippen MR) is 79.9 cm³/mol. The molecule has 0 aliphatic rings. The Kier molecular flexibility index (Phi) is 6.44. The average molecular weight is 453 g/mol. The number of hydrogen-bond acceptors (Lipinski definition) is 3. The van der Waals surface area contributed by atoms with Crippen molar-refractivity contribution in [2.75, 3.05) is 0 Å². The van der Waals surface area contributed by atoms with Crippen LogP contribution in [0.4, 0.5) is 5.69 Å². The van der Waals surface area contributed by atoms with Crippen molar-refractivity contribution >= 4 is 11.6 Å². The van der Waals surface area contributed by atoms with Crippen molar-refractivity contribution in [3.05, 3.63) is 59.1 Å². The second-order valence-corrected chi connectivity index (χ2v) is 4.60. The second-order valence-electron chi connectivity index (χ2n) is 4.60. The van der Waals surface area contributed by atoms with E-state index in [1.165, 1.54) is 6.92 Å². The van der Waals surface area contributed by atoms with Crippen LogP contribution in [0.5, 0.6) is 11.5 Å². The van der Waals surface area contributed by atoms with Crippen LogP contribution in [0.2, 0.25) is 0 Å². The van der Waals surface area contributed by atoms with Gasteiger partial charge in [0.1, 0.15) is 11.5 Å². The Balaban J connectivity index is 0.00000220. The summed E-state index contributed by atoms with van der Waals surface area (Å²) < 4.78 is 5.85. The first-order valence-electron chi connectivity index (χ1n) is 6.33. The summed E-state index contributed by atoms with van der Waals surface area (Å²) in [6.45, 7) is 5.58. The van der Waals surface area contributed by atoms with E-state index in [1.807, 2.05) is 38.1 Å². The van der Waals surface area contributed by atoms with Gasteiger partial charge in [0.25, 0.3) is 0 Å². The maximum Gasteiger partial charge on any atom is 0.166 e. The molecule has 0 fully saturated rings. The summed E-state index contributed by atoms with van der Waals surface area (Å²) >= 11 is 0. The second kappa shape index (κ2) is 7.84. The summed E-state index contributed by atoms with van der Waals surface area (Å²) in [5.74, 6) is 1.64. The number of ether oxygens (including phenoxy) is 1. The van der Waals surface area contributed by atoms with E-state index in [0.29, 0.717) is 5.69 Å². The summed E-state index contributed by atoms with van der Waals surface area (Å²) in [7, 11) is 0. The van der Waals surface area contributed by atoms with Crippen LogP contribution in [0.25, 0.3) is 5.48 Å². The van der Waals surface area contributed by atoms with Crippen molar-refractivity contribution < 1.29 is 30.6 Å².